The molecule has 0 aliphatic carbocycles. The van der Waals surface area contributed by atoms with Gasteiger partial charge in [-0.15, -0.1) is 0 Å². The minimum Gasteiger partial charge on any atom is -0.305 e. The Labute approximate surface area is 73.0 Å². The fourth-order valence-corrected chi connectivity index (χ4v) is 0.712. The summed E-state index contributed by atoms with van der Waals surface area (Å²) >= 11 is 0. The molecule has 0 saturated carbocycles. The van der Waals surface area contributed by atoms with Gasteiger partial charge in [0.05, 0.1) is 11.6 Å². The third-order valence-corrected chi connectivity index (χ3v) is 1.40. The Morgan fingerprint density at radius 1 is 1.58 bits per heavy atom. The van der Waals surface area contributed by atoms with Crippen molar-refractivity contribution in [1.29, 1.82) is 10.7 Å². The lowest BCUT2D eigenvalue weighted by atomic mass is 10.1. The van der Waals surface area contributed by atoms with Gasteiger partial charge in [0.1, 0.15) is 0 Å². The Hall–Kier alpha value is -1.62. The third kappa shape index (κ3) is 2.98. The topological polar surface area (TPSA) is 47.6 Å². The van der Waals surface area contributed by atoms with Crippen LogP contribution in [0.4, 0.5) is 0 Å². The Morgan fingerprint density at radius 2 is 2.17 bits per heavy atom. The van der Waals surface area contributed by atoms with Crippen molar-refractivity contribution < 1.29 is 0 Å². The van der Waals surface area contributed by atoms with Crippen LogP contribution in [0, 0.1) is 16.7 Å². The van der Waals surface area contributed by atoms with Gasteiger partial charge >= 0.3 is 0 Å². The van der Waals surface area contributed by atoms with Crippen molar-refractivity contribution in [2.45, 2.75) is 13.8 Å². The molecule has 2 heteroatoms. The molecule has 0 aliphatic heterocycles. The summed E-state index contributed by atoms with van der Waals surface area (Å²) in [5.41, 5.74) is 1.69. The van der Waals surface area contributed by atoms with Gasteiger partial charge in [0, 0.05) is 5.71 Å². The Balaban J connectivity index is 4.84. The summed E-state index contributed by atoms with van der Waals surface area (Å²) in [5.74, 6) is 0. The van der Waals surface area contributed by atoms with Crippen molar-refractivity contribution in [2.24, 2.45) is 0 Å². The maximum Gasteiger partial charge on any atom is 0.0991 e. The second kappa shape index (κ2) is 5.09. The predicted molar refractivity (Wildman–Crippen MR) is 51.1 cm³/mol. The predicted octanol–water partition coefficient (Wildman–Crippen LogP) is 2.61. The Bertz CT molecular complexity index is 287. The molecule has 0 heterocycles. The summed E-state index contributed by atoms with van der Waals surface area (Å²) in [5, 5.41) is 15.9. The van der Waals surface area contributed by atoms with Gasteiger partial charge in [-0.05, 0) is 25.5 Å². The lowest BCUT2D eigenvalue weighted by Gasteiger charge is -1.96. The first-order valence-corrected chi connectivity index (χ1v) is 3.61. The summed E-state index contributed by atoms with van der Waals surface area (Å²) in [6, 6.07) is 1.98. The summed E-state index contributed by atoms with van der Waals surface area (Å²) in [6.45, 7) is 7.01. The van der Waals surface area contributed by atoms with Crippen LogP contribution in [0.15, 0.2) is 36.0 Å². The summed E-state index contributed by atoms with van der Waals surface area (Å²) in [7, 11) is 0. The lowest BCUT2D eigenvalue weighted by molar-refractivity contribution is 1.44. The van der Waals surface area contributed by atoms with Crippen LogP contribution < -0.4 is 0 Å². The number of hydrogen-bond donors (Lipinski definition) is 1. The molecule has 0 aromatic heterocycles. The number of rotatable bonds is 3. The molecule has 0 aromatic carbocycles. The van der Waals surface area contributed by atoms with Crippen molar-refractivity contribution in [2.75, 3.05) is 0 Å². The summed E-state index contributed by atoms with van der Waals surface area (Å²) in [6.07, 6.45) is 4.92. The molecule has 0 bridgehead atoms. The van der Waals surface area contributed by atoms with E-state index in [1.165, 1.54) is 6.08 Å². The first-order valence-electron chi connectivity index (χ1n) is 3.61. The van der Waals surface area contributed by atoms with Crippen molar-refractivity contribution in [1.82, 2.24) is 0 Å². The monoisotopic (exact) mass is 160 g/mol. The summed E-state index contributed by atoms with van der Waals surface area (Å²) in [4.78, 5) is 0. The molecule has 0 aliphatic rings. The molecule has 0 fully saturated rings. The van der Waals surface area contributed by atoms with Gasteiger partial charge in [-0.3, -0.25) is 0 Å². The van der Waals surface area contributed by atoms with Crippen LogP contribution in [-0.4, -0.2) is 5.71 Å². The molecular formula is C10H12N2. The SMILES string of the molecule is C=C/C(C#N)=C\C(=C/C)C(C)=N. The largest absolute Gasteiger partial charge is 0.305 e. The zero-order valence-electron chi connectivity index (χ0n) is 7.39. The highest BCUT2D eigenvalue weighted by Crippen LogP contribution is 2.04. The molecule has 12 heavy (non-hydrogen) atoms. The molecule has 1 N–H and O–H groups in total. The zero-order chi connectivity index (χ0) is 9.56. The molecule has 0 radical (unpaired) electrons. The van der Waals surface area contributed by atoms with Crippen molar-refractivity contribution in [3.05, 3.63) is 36.0 Å². The van der Waals surface area contributed by atoms with E-state index in [-0.39, 0.29) is 0 Å². The molecule has 0 aromatic rings. The van der Waals surface area contributed by atoms with Crippen molar-refractivity contribution in [3.63, 3.8) is 0 Å². The van der Waals surface area contributed by atoms with Gasteiger partial charge in [0.2, 0.25) is 0 Å². The highest BCUT2D eigenvalue weighted by molar-refractivity contribution is 5.98. The van der Waals surface area contributed by atoms with E-state index in [0.29, 0.717) is 11.3 Å². The van der Waals surface area contributed by atoms with Crippen LogP contribution in [0.2, 0.25) is 0 Å². The zero-order valence-corrected chi connectivity index (χ0v) is 7.39. The van der Waals surface area contributed by atoms with E-state index in [9.17, 15) is 0 Å². The van der Waals surface area contributed by atoms with Gasteiger partial charge in [0.25, 0.3) is 0 Å². The van der Waals surface area contributed by atoms with Crippen LogP contribution in [0.25, 0.3) is 0 Å². The molecule has 0 amide bonds. The molecule has 0 unspecified atom stereocenters. The second-order valence-electron chi connectivity index (χ2n) is 2.28. The third-order valence-electron chi connectivity index (χ3n) is 1.40. The lowest BCUT2D eigenvalue weighted by Crippen LogP contribution is -1.91. The van der Waals surface area contributed by atoms with Gasteiger partial charge < -0.3 is 5.41 Å². The quantitative estimate of drug-likeness (QED) is 0.385. The highest BCUT2D eigenvalue weighted by atomic mass is 14.4. The molecular weight excluding hydrogens is 148 g/mol. The van der Waals surface area contributed by atoms with E-state index < -0.39 is 0 Å². The number of nitrogens with zero attached hydrogens (tertiary/aromatic N) is 1. The Morgan fingerprint density at radius 3 is 2.42 bits per heavy atom. The van der Waals surface area contributed by atoms with Gasteiger partial charge in [-0.2, -0.15) is 5.26 Å². The first kappa shape index (κ1) is 10.4. The van der Waals surface area contributed by atoms with E-state index in [4.69, 9.17) is 10.7 Å². The standard InChI is InChI=1S/C10H12N2/c1-4-9(7-11)6-10(5-2)8(3)12/h4-6,12H,1H2,2-3H3/b9-6+,10-5+,12-8?. The minimum atomic E-state index is 0.451. The maximum atomic E-state index is 8.56. The smallest absolute Gasteiger partial charge is 0.0991 e. The molecule has 0 spiro atoms. The van der Waals surface area contributed by atoms with Crippen LogP contribution >= 0.6 is 0 Å². The van der Waals surface area contributed by atoms with Crippen LogP contribution in [-0.2, 0) is 0 Å². The summed E-state index contributed by atoms with van der Waals surface area (Å²) < 4.78 is 0. The van der Waals surface area contributed by atoms with Gasteiger partial charge in [-0.1, -0.05) is 18.7 Å². The molecule has 2 nitrogen and oxygen atoms in total. The van der Waals surface area contributed by atoms with Crippen LogP contribution in [0.3, 0.4) is 0 Å². The molecule has 0 rings (SSSR count). The number of nitrogens with one attached hydrogen (secondary N) is 1. The fraction of sp³-hybridized carbons (Fsp3) is 0.200. The van der Waals surface area contributed by atoms with Gasteiger partial charge in [-0.25, -0.2) is 0 Å². The molecule has 62 valence electrons. The van der Waals surface area contributed by atoms with Crippen molar-refractivity contribution >= 4 is 5.71 Å². The fourth-order valence-electron chi connectivity index (χ4n) is 0.712. The minimum absolute atomic E-state index is 0.451. The van der Waals surface area contributed by atoms with E-state index in [1.54, 1.807) is 19.1 Å². The maximum absolute atomic E-state index is 8.56. The van der Waals surface area contributed by atoms with E-state index in [2.05, 4.69) is 6.58 Å². The Kier molecular flexibility index (Phi) is 4.40. The van der Waals surface area contributed by atoms with E-state index >= 15 is 0 Å². The normalized spacial score (nSPS) is 12.1. The average Bonchev–Trinajstić information content (AvgIpc) is 2.06. The van der Waals surface area contributed by atoms with Crippen molar-refractivity contribution in [3.8, 4) is 6.07 Å². The van der Waals surface area contributed by atoms with Gasteiger partial charge in [0.15, 0.2) is 0 Å². The molecule has 0 atom stereocenters. The van der Waals surface area contributed by atoms with E-state index in [0.717, 1.165) is 5.57 Å². The average molecular weight is 160 g/mol. The number of allylic oxidation sites excluding steroid dienone is 5. The van der Waals surface area contributed by atoms with E-state index in [1.807, 2.05) is 13.0 Å². The number of hydrogen-bond acceptors (Lipinski definition) is 2. The van der Waals surface area contributed by atoms with Crippen LogP contribution in [0.1, 0.15) is 13.8 Å². The first-order chi connectivity index (χ1) is 5.65. The number of nitriles is 1. The second-order valence-corrected chi connectivity index (χ2v) is 2.28. The highest BCUT2D eigenvalue weighted by Gasteiger charge is 1.95. The van der Waals surface area contributed by atoms with Crippen LogP contribution in [0.5, 0.6) is 0 Å². The molecule has 0 saturated heterocycles.